The number of rotatable bonds is 1. The van der Waals surface area contributed by atoms with Crippen LogP contribution < -0.4 is 0 Å². The van der Waals surface area contributed by atoms with E-state index < -0.39 is 0 Å². The van der Waals surface area contributed by atoms with Gasteiger partial charge >= 0.3 is 0 Å². The van der Waals surface area contributed by atoms with Crippen molar-refractivity contribution in [2.75, 3.05) is 0 Å². The second-order valence-electron chi connectivity index (χ2n) is 2.38. The van der Waals surface area contributed by atoms with Gasteiger partial charge in [-0.15, -0.1) is 0 Å². The van der Waals surface area contributed by atoms with Crippen LogP contribution in [0.5, 0.6) is 0 Å². The summed E-state index contributed by atoms with van der Waals surface area (Å²) in [6.07, 6.45) is 2.69. The fourth-order valence-corrected chi connectivity index (χ4v) is 1.96. The molecule has 0 bridgehead atoms. The van der Waals surface area contributed by atoms with Crippen LogP contribution in [0.3, 0.4) is 0 Å². The molecule has 0 aromatic carbocycles. The van der Waals surface area contributed by atoms with Gasteiger partial charge in [-0.25, -0.2) is 9.97 Å². The van der Waals surface area contributed by atoms with Gasteiger partial charge in [0.2, 0.25) is 0 Å². The summed E-state index contributed by atoms with van der Waals surface area (Å²) in [7, 11) is 0. The van der Waals surface area contributed by atoms with Crippen LogP contribution in [-0.2, 0) is 6.42 Å². The SMILES string of the molecule is CCc1cnc2[nH]c(=S)sc2n1. The van der Waals surface area contributed by atoms with Gasteiger partial charge < -0.3 is 4.98 Å². The van der Waals surface area contributed by atoms with Crippen LogP contribution in [0.25, 0.3) is 10.5 Å². The largest absolute Gasteiger partial charge is 0.320 e. The average molecular weight is 197 g/mol. The van der Waals surface area contributed by atoms with Crippen molar-refractivity contribution in [2.45, 2.75) is 13.3 Å². The first kappa shape index (κ1) is 7.82. The van der Waals surface area contributed by atoms with Crippen molar-refractivity contribution >= 4 is 34.0 Å². The molecule has 0 atom stereocenters. The highest BCUT2D eigenvalue weighted by atomic mass is 32.1. The van der Waals surface area contributed by atoms with Gasteiger partial charge in [0.1, 0.15) is 0 Å². The predicted octanol–water partition coefficient (Wildman–Crippen LogP) is 2.31. The highest BCUT2D eigenvalue weighted by molar-refractivity contribution is 7.73. The Morgan fingerprint density at radius 1 is 1.67 bits per heavy atom. The molecule has 0 amide bonds. The molecular weight excluding hydrogens is 190 g/mol. The molecule has 1 N–H and O–H groups in total. The normalized spacial score (nSPS) is 10.8. The zero-order valence-electron chi connectivity index (χ0n) is 6.50. The van der Waals surface area contributed by atoms with Crippen molar-refractivity contribution < 1.29 is 0 Å². The Bertz CT molecular complexity index is 457. The fraction of sp³-hybridized carbons (Fsp3) is 0.286. The molecule has 0 unspecified atom stereocenters. The van der Waals surface area contributed by atoms with E-state index in [1.165, 1.54) is 11.3 Å². The quantitative estimate of drug-likeness (QED) is 0.713. The highest BCUT2D eigenvalue weighted by Crippen LogP contribution is 2.14. The Labute approximate surface area is 78.5 Å². The standard InChI is InChI=1S/C7H7N3S2/c1-2-4-3-8-5-6(9-4)12-7(11)10-5/h3H,2H2,1H3,(H,8,10,11). The maximum Gasteiger partial charge on any atom is 0.168 e. The minimum Gasteiger partial charge on any atom is -0.320 e. The number of aromatic nitrogens is 3. The summed E-state index contributed by atoms with van der Waals surface area (Å²) in [5.41, 5.74) is 1.80. The van der Waals surface area contributed by atoms with Crippen LogP contribution in [0.4, 0.5) is 0 Å². The molecule has 0 spiro atoms. The smallest absolute Gasteiger partial charge is 0.168 e. The maximum absolute atomic E-state index is 4.98. The van der Waals surface area contributed by atoms with Gasteiger partial charge in [0.05, 0.1) is 11.9 Å². The molecule has 0 aliphatic carbocycles. The van der Waals surface area contributed by atoms with Gasteiger partial charge in [-0.2, -0.15) is 0 Å². The molecule has 0 aliphatic rings. The molecule has 2 aromatic rings. The summed E-state index contributed by atoms with van der Waals surface area (Å²) >= 11 is 6.44. The number of fused-ring (bicyclic) bond motifs is 1. The molecule has 0 saturated heterocycles. The van der Waals surface area contributed by atoms with Crippen molar-refractivity contribution in [2.24, 2.45) is 0 Å². The molecule has 12 heavy (non-hydrogen) atoms. The molecule has 2 heterocycles. The Kier molecular flexibility index (Phi) is 1.90. The zero-order valence-corrected chi connectivity index (χ0v) is 8.13. The Morgan fingerprint density at radius 2 is 2.50 bits per heavy atom. The first-order chi connectivity index (χ1) is 5.79. The number of nitrogens with zero attached hydrogens (tertiary/aromatic N) is 2. The second kappa shape index (κ2) is 2.91. The van der Waals surface area contributed by atoms with Crippen LogP contribution in [0.1, 0.15) is 12.6 Å². The minimum absolute atomic E-state index is 0.734. The summed E-state index contributed by atoms with van der Waals surface area (Å²) in [4.78, 5) is 12.4. The average Bonchev–Trinajstić information content (AvgIpc) is 2.43. The Hall–Kier alpha value is -0.810. The van der Waals surface area contributed by atoms with Crippen LogP contribution in [0, 0.1) is 3.95 Å². The predicted molar refractivity (Wildman–Crippen MR) is 52.0 cm³/mol. The molecule has 62 valence electrons. The van der Waals surface area contributed by atoms with Gasteiger partial charge in [0.25, 0.3) is 0 Å². The number of aromatic amines is 1. The molecule has 0 fully saturated rings. The van der Waals surface area contributed by atoms with Crippen molar-refractivity contribution in [1.82, 2.24) is 15.0 Å². The lowest BCUT2D eigenvalue weighted by Crippen LogP contribution is -1.87. The third-order valence-electron chi connectivity index (χ3n) is 1.56. The third-order valence-corrected chi connectivity index (χ3v) is 2.68. The molecule has 0 radical (unpaired) electrons. The van der Waals surface area contributed by atoms with E-state index in [0.717, 1.165) is 26.5 Å². The summed E-state index contributed by atoms with van der Waals surface area (Å²) in [5, 5.41) is 0. The minimum atomic E-state index is 0.734. The number of nitrogens with one attached hydrogen (secondary N) is 1. The topological polar surface area (TPSA) is 41.6 Å². The van der Waals surface area contributed by atoms with E-state index >= 15 is 0 Å². The van der Waals surface area contributed by atoms with Crippen LogP contribution in [-0.4, -0.2) is 15.0 Å². The van der Waals surface area contributed by atoms with E-state index in [-0.39, 0.29) is 0 Å². The van der Waals surface area contributed by atoms with Crippen LogP contribution in [0.2, 0.25) is 0 Å². The summed E-state index contributed by atoms with van der Waals surface area (Å²) < 4.78 is 0.734. The van der Waals surface area contributed by atoms with Gasteiger partial charge in [-0.3, -0.25) is 0 Å². The third kappa shape index (κ3) is 1.25. The monoisotopic (exact) mass is 197 g/mol. The lowest BCUT2D eigenvalue weighted by molar-refractivity contribution is 1.03. The van der Waals surface area contributed by atoms with Crippen molar-refractivity contribution in [3.8, 4) is 0 Å². The van der Waals surface area contributed by atoms with E-state index in [1.807, 2.05) is 0 Å². The second-order valence-corrected chi connectivity index (χ2v) is 4.05. The van der Waals surface area contributed by atoms with E-state index in [9.17, 15) is 0 Å². The summed E-state index contributed by atoms with van der Waals surface area (Å²) in [6.45, 7) is 2.06. The van der Waals surface area contributed by atoms with E-state index in [0.29, 0.717) is 0 Å². The number of hydrogen-bond acceptors (Lipinski definition) is 4. The number of H-pyrrole nitrogens is 1. The lowest BCUT2D eigenvalue weighted by atomic mass is 10.4. The highest BCUT2D eigenvalue weighted by Gasteiger charge is 2.00. The molecule has 2 aromatic heterocycles. The lowest BCUT2D eigenvalue weighted by Gasteiger charge is -1.92. The first-order valence-electron chi connectivity index (χ1n) is 3.64. The zero-order chi connectivity index (χ0) is 8.55. The van der Waals surface area contributed by atoms with E-state index in [1.54, 1.807) is 6.20 Å². The van der Waals surface area contributed by atoms with Crippen molar-refractivity contribution in [3.05, 3.63) is 15.8 Å². The molecular formula is C7H7N3S2. The van der Waals surface area contributed by atoms with Crippen LogP contribution >= 0.6 is 23.6 Å². The van der Waals surface area contributed by atoms with Gasteiger partial charge in [-0.1, -0.05) is 18.3 Å². The number of hydrogen-bond donors (Lipinski definition) is 1. The molecule has 0 saturated carbocycles. The molecule has 2 rings (SSSR count). The van der Waals surface area contributed by atoms with Crippen molar-refractivity contribution in [1.29, 1.82) is 0 Å². The first-order valence-corrected chi connectivity index (χ1v) is 4.87. The maximum atomic E-state index is 4.98. The molecule has 3 nitrogen and oxygen atoms in total. The molecule has 0 aliphatic heterocycles. The fourth-order valence-electron chi connectivity index (χ4n) is 0.944. The Balaban J connectivity index is 2.74. The number of aryl methyl sites for hydroxylation is 1. The van der Waals surface area contributed by atoms with E-state index in [2.05, 4.69) is 21.9 Å². The van der Waals surface area contributed by atoms with Gasteiger partial charge in [-0.05, 0) is 18.6 Å². The summed E-state index contributed by atoms with van der Waals surface area (Å²) in [6, 6.07) is 0. The Morgan fingerprint density at radius 3 is 3.25 bits per heavy atom. The summed E-state index contributed by atoms with van der Waals surface area (Å²) in [5.74, 6) is 0. The number of thiazole rings is 1. The molecule has 5 heteroatoms. The van der Waals surface area contributed by atoms with Gasteiger partial charge in [0.15, 0.2) is 14.4 Å². The van der Waals surface area contributed by atoms with Crippen molar-refractivity contribution in [3.63, 3.8) is 0 Å². The van der Waals surface area contributed by atoms with Gasteiger partial charge in [0, 0.05) is 0 Å². The van der Waals surface area contributed by atoms with E-state index in [4.69, 9.17) is 12.2 Å². The van der Waals surface area contributed by atoms with Crippen LogP contribution in [0.15, 0.2) is 6.20 Å².